The van der Waals surface area contributed by atoms with Gasteiger partial charge in [0.25, 0.3) is 0 Å². The van der Waals surface area contributed by atoms with Crippen molar-refractivity contribution in [2.75, 3.05) is 7.11 Å². The average Bonchev–Trinajstić information content (AvgIpc) is 2.22. The van der Waals surface area contributed by atoms with E-state index in [0.29, 0.717) is 0 Å². The highest BCUT2D eigenvalue weighted by atomic mass is 16.5. The van der Waals surface area contributed by atoms with Crippen LogP contribution in [0.25, 0.3) is 0 Å². The van der Waals surface area contributed by atoms with Crippen LogP contribution in [0.15, 0.2) is 0 Å². The second kappa shape index (κ2) is 6.27. The SMILES string of the molecule is CCC(C)C(C)[C@H](NC(=O)OC)C(=O)O. The van der Waals surface area contributed by atoms with E-state index in [1.165, 1.54) is 7.11 Å². The fourth-order valence-corrected chi connectivity index (χ4v) is 1.30. The van der Waals surface area contributed by atoms with Crippen LogP contribution in [0.1, 0.15) is 27.2 Å². The molecule has 0 aliphatic rings. The van der Waals surface area contributed by atoms with E-state index in [4.69, 9.17) is 5.11 Å². The number of alkyl carbamates (subject to hydrolysis) is 1. The monoisotopic (exact) mass is 217 g/mol. The number of methoxy groups -OCH3 is 1. The number of carbonyl (C=O) groups excluding carboxylic acids is 1. The summed E-state index contributed by atoms with van der Waals surface area (Å²) in [5.74, 6) is -0.942. The van der Waals surface area contributed by atoms with Gasteiger partial charge in [0.2, 0.25) is 0 Å². The van der Waals surface area contributed by atoms with E-state index in [1.54, 1.807) is 0 Å². The lowest BCUT2D eigenvalue weighted by molar-refractivity contribution is -0.141. The maximum Gasteiger partial charge on any atom is 0.407 e. The fourth-order valence-electron chi connectivity index (χ4n) is 1.30. The third-order valence-corrected chi connectivity index (χ3v) is 2.79. The molecule has 5 heteroatoms. The van der Waals surface area contributed by atoms with Crippen LogP contribution in [-0.4, -0.2) is 30.3 Å². The normalized spacial score (nSPS) is 16.3. The number of amides is 1. The van der Waals surface area contributed by atoms with E-state index in [-0.39, 0.29) is 11.8 Å². The zero-order chi connectivity index (χ0) is 12.0. The van der Waals surface area contributed by atoms with Crippen molar-refractivity contribution < 1.29 is 19.4 Å². The Morgan fingerprint density at radius 2 is 1.93 bits per heavy atom. The highest BCUT2D eigenvalue weighted by Gasteiger charge is 2.29. The second-order valence-electron chi connectivity index (χ2n) is 3.70. The molecule has 0 rings (SSSR count). The Kier molecular flexibility index (Phi) is 5.74. The molecule has 0 radical (unpaired) electrons. The van der Waals surface area contributed by atoms with E-state index in [2.05, 4.69) is 10.1 Å². The first-order chi connectivity index (χ1) is 6.93. The van der Waals surface area contributed by atoms with Crippen LogP contribution in [-0.2, 0) is 9.53 Å². The van der Waals surface area contributed by atoms with Crippen LogP contribution in [0, 0.1) is 11.8 Å². The lowest BCUT2D eigenvalue weighted by atomic mass is 9.87. The van der Waals surface area contributed by atoms with Crippen molar-refractivity contribution in [1.82, 2.24) is 5.32 Å². The van der Waals surface area contributed by atoms with Gasteiger partial charge in [0.15, 0.2) is 0 Å². The highest BCUT2D eigenvalue weighted by Crippen LogP contribution is 2.18. The van der Waals surface area contributed by atoms with Crippen molar-refractivity contribution in [1.29, 1.82) is 0 Å². The standard InChI is InChI=1S/C10H19NO4/c1-5-6(2)7(3)8(9(12)13)11-10(14)15-4/h6-8H,5H2,1-4H3,(H,11,14)(H,12,13)/t6?,7?,8-/m0/s1. The third kappa shape index (κ3) is 4.18. The topological polar surface area (TPSA) is 75.6 Å². The van der Waals surface area contributed by atoms with Gasteiger partial charge in [-0.15, -0.1) is 0 Å². The molecule has 0 bridgehead atoms. The summed E-state index contributed by atoms with van der Waals surface area (Å²) in [6.45, 7) is 5.75. The van der Waals surface area contributed by atoms with Crippen molar-refractivity contribution in [2.45, 2.75) is 33.2 Å². The minimum atomic E-state index is -1.03. The molecule has 3 atom stereocenters. The zero-order valence-corrected chi connectivity index (χ0v) is 9.61. The van der Waals surface area contributed by atoms with Gasteiger partial charge >= 0.3 is 12.1 Å². The molecule has 0 saturated heterocycles. The molecule has 2 unspecified atom stereocenters. The molecular weight excluding hydrogens is 198 g/mol. The molecule has 1 amide bonds. The summed E-state index contributed by atoms with van der Waals surface area (Å²) in [6, 6.07) is -0.896. The maximum atomic E-state index is 10.9. The van der Waals surface area contributed by atoms with Crippen LogP contribution in [0.3, 0.4) is 0 Å². The summed E-state index contributed by atoms with van der Waals surface area (Å²) in [7, 11) is 1.21. The zero-order valence-electron chi connectivity index (χ0n) is 9.61. The second-order valence-corrected chi connectivity index (χ2v) is 3.70. The lowest BCUT2D eigenvalue weighted by Crippen LogP contribution is -2.46. The number of aliphatic carboxylic acids is 1. The van der Waals surface area contributed by atoms with E-state index in [1.807, 2.05) is 20.8 Å². The fraction of sp³-hybridized carbons (Fsp3) is 0.800. The lowest BCUT2D eigenvalue weighted by Gasteiger charge is -2.25. The Morgan fingerprint density at radius 3 is 2.27 bits per heavy atom. The maximum absolute atomic E-state index is 10.9. The summed E-state index contributed by atoms with van der Waals surface area (Å²) >= 11 is 0. The van der Waals surface area contributed by atoms with Gasteiger partial charge in [0, 0.05) is 0 Å². The molecule has 15 heavy (non-hydrogen) atoms. The van der Waals surface area contributed by atoms with Gasteiger partial charge in [0.1, 0.15) is 6.04 Å². The molecule has 0 heterocycles. The summed E-state index contributed by atoms with van der Waals surface area (Å²) < 4.78 is 4.38. The highest BCUT2D eigenvalue weighted by molar-refractivity contribution is 5.80. The predicted molar refractivity (Wildman–Crippen MR) is 55.6 cm³/mol. The quantitative estimate of drug-likeness (QED) is 0.731. The largest absolute Gasteiger partial charge is 0.480 e. The number of hydrogen-bond donors (Lipinski definition) is 2. The summed E-state index contributed by atoms with van der Waals surface area (Å²) in [4.78, 5) is 21.9. The number of nitrogens with one attached hydrogen (secondary N) is 1. The van der Waals surface area contributed by atoms with Crippen molar-refractivity contribution in [2.24, 2.45) is 11.8 Å². The third-order valence-electron chi connectivity index (χ3n) is 2.79. The summed E-state index contributed by atoms with van der Waals surface area (Å²) in [5, 5.41) is 11.3. The summed E-state index contributed by atoms with van der Waals surface area (Å²) in [5.41, 5.74) is 0. The molecule has 88 valence electrons. The first-order valence-corrected chi connectivity index (χ1v) is 5.01. The molecule has 0 aromatic rings. The predicted octanol–water partition coefficient (Wildman–Crippen LogP) is 1.48. The van der Waals surface area contributed by atoms with E-state index in [0.717, 1.165) is 6.42 Å². The van der Waals surface area contributed by atoms with Crippen LogP contribution in [0.4, 0.5) is 4.79 Å². The Labute approximate surface area is 89.8 Å². The molecule has 0 aliphatic carbocycles. The van der Waals surface area contributed by atoms with E-state index < -0.39 is 18.1 Å². The molecule has 0 spiro atoms. The number of ether oxygens (including phenoxy) is 1. The first kappa shape index (κ1) is 13.7. The Balaban J connectivity index is 4.52. The van der Waals surface area contributed by atoms with Gasteiger partial charge < -0.3 is 15.2 Å². The van der Waals surface area contributed by atoms with Crippen molar-refractivity contribution >= 4 is 12.1 Å². The number of carboxylic acids is 1. The molecule has 0 saturated carbocycles. The first-order valence-electron chi connectivity index (χ1n) is 5.01. The van der Waals surface area contributed by atoms with Gasteiger partial charge in [-0.2, -0.15) is 0 Å². The molecule has 2 N–H and O–H groups in total. The van der Waals surface area contributed by atoms with Gasteiger partial charge in [-0.05, 0) is 11.8 Å². The molecular formula is C10H19NO4. The Bertz CT molecular complexity index is 229. The van der Waals surface area contributed by atoms with Crippen LogP contribution < -0.4 is 5.32 Å². The summed E-state index contributed by atoms with van der Waals surface area (Å²) in [6.07, 6.45) is 0.158. The van der Waals surface area contributed by atoms with Crippen molar-refractivity contribution in [3.63, 3.8) is 0 Å². The minimum Gasteiger partial charge on any atom is -0.480 e. The van der Waals surface area contributed by atoms with Gasteiger partial charge in [-0.25, -0.2) is 9.59 Å². The number of carbonyl (C=O) groups is 2. The van der Waals surface area contributed by atoms with Crippen molar-refractivity contribution in [3.8, 4) is 0 Å². The van der Waals surface area contributed by atoms with Crippen LogP contribution in [0.5, 0.6) is 0 Å². The molecule has 0 aliphatic heterocycles. The Morgan fingerprint density at radius 1 is 1.40 bits per heavy atom. The van der Waals surface area contributed by atoms with Gasteiger partial charge in [-0.3, -0.25) is 0 Å². The molecule has 0 aromatic carbocycles. The van der Waals surface area contributed by atoms with Gasteiger partial charge in [0.05, 0.1) is 7.11 Å². The number of carboxylic acid groups (broad SMARTS) is 1. The molecule has 0 aromatic heterocycles. The van der Waals surface area contributed by atoms with Gasteiger partial charge in [-0.1, -0.05) is 27.2 Å². The Hall–Kier alpha value is -1.26. The smallest absolute Gasteiger partial charge is 0.407 e. The molecule has 0 fully saturated rings. The van der Waals surface area contributed by atoms with E-state index in [9.17, 15) is 9.59 Å². The minimum absolute atomic E-state index is 0.133. The van der Waals surface area contributed by atoms with Crippen LogP contribution >= 0.6 is 0 Å². The van der Waals surface area contributed by atoms with E-state index >= 15 is 0 Å². The number of rotatable bonds is 5. The van der Waals surface area contributed by atoms with Crippen molar-refractivity contribution in [3.05, 3.63) is 0 Å². The molecule has 5 nitrogen and oxygen atoms in total. The van der Waals surface area contributed by atoms with Crippen LogP contribution in [0.2, 0.25) is 0 Å². The average molecular weight is 217 g/mol. The number of hydrogen-bond acceptors (Lipinski definition) is 3.